The van der Waals surface area contributed by atoms with E-state index in [-0.39, 0.29) is 18.0 Å². The molecule has 2 amide bonds. The van der Waals surface area contributed by atoms with E-state index in [1.54, 1.807) is 37.3 Å². The number of alkyl halides is 3. The Hall–Kier alpha value is -3.63. The van der Waals surface area contributed by atoms with Crippen molar-refractivity contribution in [2.24, 2.45) is 0 Å². The lowest BCUT2D eigenvalue weighted by molar-refractivity contribution is -0.384. The van der Waals surface area contributed by atoms with Crippen LogP contribution in [0.5, 0.6) is 0 Å². The number of carbonyl (C=O) groups excluding carboxylic acids is 2. The number of nitro groups is 1. The molecule has 0 saturated heterocycles. The van der Waals surface area contributed by atoms with Gasteiger partial charge in [-0.1, -0.05) is 18.2 Å². The monoisotopic (exact) mass is 410 g/mol. The van der Waals surface area contributed by atoms with Crippen LogP contribution < -0.4 is 16.2 Å². The number of hydrazine groups is 1. The van der Waals surface area contributed by atoms with E-state index in [1.807, 2.05) is 0 Å². The summed E-state index contributed by atoms with van der Waals surface area (Å²) in [6.07, 6.45) is -4.90. The Morgan fingerprint density at radius 3 is 2.38 bits per heavy atom. The van der Waals surface area contributed by atoms with Crippen molar-refractivity contribution in [1.82, 2.24) is 10.7 Å². The van der Waals surface area contributed by atoms with E-state index in [0.717, 1.165) is 6.07 Å². The minimum Gasteiger partial charge on any atom is -0.349 e. The number of anilines is 1. The van der Waals surface area contributed by atoms with Gasteiger partial charge in [-0.15, -0.1) is 0 Å². The third-order valence-electron chi connectivity index (χ3n) is 3.76. The standard InChI is InChI=1S/C18H17F3N4O4/c1-11(22-17(27)12-5-3-2-4-6-12)9-16(26)24-23-14-8-7-13(18(19,20)21)10-15(14)25(28)29/h2-8,10-11,23H,9H2,1H3,(H,22,27)(H,24,26)/t11-/m1/s1. The average Bonchev–Trinajstić information content (AvgIpc) is 2.65. The van der Waals surface area contributed by atoms with Gasteiger partial charge in [0.1, 0.15) is 5.69 Å². The number of hydrogen-bond acceptors (Lipinski definition) is 5. The molecule has 2 aromatic carbocycles. The smallest absolute Gasteiger partial charge is 0.349 e. The molecular weight excluding hydrogens is 393 g/mol. The highest BCUT2D eigenvalue weighted by atomic mass is 19.4. The van der Waals surface area contributed by atoms with Crippen LogP contribution in [-0.4, -0.2) is 22.8 Å². The minimum absolute atomic E-state index is 0.167. The Kier molecular flexibility index (Phi) is 6.75. The first-order valence-corrected chi connectivity index (χ1v) is 8.34. The molecule has 0 unspecified atom stereocenters. The number of rotatable bonds is 7. The summed E-state index contributed by atoms with van der Waals surface area (Å²) >= 11 is 0. The van der Waals surface area contributed by atoms with Crippen LogP contribution >= 0.6 is 0 Å². The first kappa shape index (κ1) is 21.7. The lowest BCUT2D eigenvalue weighted by atomic mass is 10.1. The third-order valence-corrected chi connectivity index (χ3v) is 3.76. The molecule has 154 valence electrons. The molecule has 0 aliphatic carbocycles. The Labute approximate surface area is 163 Å². The van der Waals surface area contributed by atoms with E-state index in [9.17, 15) is 32.9 Å². The lowest BCUT2D eigenvalue weighted by Crippen LogP contribution is -2.39. The van der Waals surface area contributed by atoms with Gasteiger partial charge in [-0.05, 0) is 31.2 Å². The summed E-state index contributed by atoms with van der Waals surface area (Å²) in [5, 5.41) is 13.6. The first-order valence-electron chi connectivity index (χ1n) is 8.34. The van der Waals surface area contributed by atoms with E-state index in [2.05, 4.69) is 16.2 Å². The number of hydrogen-bond donors (Lipinski definition) is 3. The molecule has 0 fully saturated rings. The molecule has 0 aliphatic rings. The van der Waals surface area contributed by atoms with Crippen molar-refractivity contribution in [3.05, 3.63) is 69.8 Å². The van der Waals surface area contributed by atoms with Gasteiger partial charge in [-0.25, -0.2) is 0 Å². The molecule has 2 aromatic rings. The van der Waals surface area contributed by atoms with Gasteiger partial charge in [0.05, 0.1) is 10.5 Å². The van der Waals surface area contributed by atoms with E-state index in [4.69, 9.17) is 0 Å². The molecule has 0 aromatic heterocycles. The zero-order chi connectivity index (χ0) is 21.6. The molecule has 0 aliphatic heterocycles. The summed E-state index contributed by atoms with van der Waals surface area (Å²) in [6.45, 7) is 1.58. The van der Waals surface area contributed by atoms with E-state index in [1.165, 1.54) is 0 Å². The van der Waals surface area contributed by atoms with Gasteiger partial charge in [-0.2, -0.15) is 13.2 Å². The Morgan fingerprint density at radius 1 is 1.14 bits per heavy atom. The first-order chi connectivity index (χ1) is 13.6. The third kappa shape index (κ3) is 6.19. The van der Waals surface area contributed by atoms with Crippen LogP contribution in [-0.2, 0) is 11.0 Å². The summed E-state index contributed by atoms with van der Waals surface area (Å²) in [5.74, 6) is -1.00. The SMILES string of the molecule is C[C@H](CC(=O)NNc1ccc(C(F)(F)F)cc1[N+](=O)[O-])NC(=O)c1ccccc1. The summed E-state index contributed by atoms with van der Waals surface area (Å²) in [5.41, 5.74) is 2.50. The molecule has 2 rings (SSSR count). The normalized spacial score (nSPS) is 12.0. The zero-order valence-corrected chi connectivity index (χ0v) is 15.1. The van der Waals surface area contributed by atoms with Crippen LogP contribution in [0.2, 0.25) is 0 Å². The average molecular weight is 410 g/mol. The predicted molar refractivity (Wildman–Crippen MR) is 97.9 cm³/mol. The maximum Gasteiger partial charge on any atom is 0.416 e. The van der Waals surface area contributed by atoms with Gasteiger partial charge in [0, 0.05) is 24.1 Å². The molecule has 0 heterocycles. The summed E-state index contributed by atoms with van der Waals surface area (Å²) in [6, 6.07) is 9.65. The Balaban J connectivity index is 1.95. The molecule has 11 heteroatoms. The summed E-state index contributed by atoms with van der Waals surface area (Å²) < 4.78 is 38.1. The summed E-state index contributed by atoms with van der Waals surface area (Å²) in [4.78, 5) is 34.0. The fraction of sp³-hybridized carbons (Fsp3) is 0.222. The van der Waals surface area contributed by atoms with Crippen molar-refractivity contribution in [2.45, 2.75) is 25.6 Å². The number of amides is 2. The molecular formula is C18H17F3N4O4. The lowest BCUT2D eigenvalue weighted by Gasteiger charge is -2.15. The van der Waals surface area contributed by atoms with E-state index >= 15 is 0 Å². The molecule has 0 bridgehead atoms. The van der Waals surface area contributed by atoms with Crippen molar-refractivity contribution in [3.8, 4) is 0 Å². The van der Waals surface area contributed by atoms with Crippen LogP contribution in [0.25, 0.3) is 0 Å². The second-order valence-corrected chi connectivity index (χ2v) is 6.10. The molecule has 8 nitrogen and oxygen atoms in total. The highest BCUT2D eigenvalue weighted by molar-refractivity contribution is 5.94. The van der Waals surface area contributed by atoms with Crippen LogP contribution in [0.1, 0.15) is 29.3 Å². The molecule has 0 radical (unpaired) electrons. The van der Waals surface area contributed by atoms with E-state index in [0.29, 0.717) is 17.7 Å². The van der Waals surface area contributed by atoms with Crippen LogP contribution in [0.4, 0.5) is 24.5 Å². The topological polar surface area (TPSA) is 113 Å². The minimum atomic E-state index is -4.74. The van der Waals surface area contributed by atoms with Crippen LogP contribution in [0.3, 0.4) is 0 Å². The Morgan fingerprint density at radius 2 is 1.79 bits per heavy atom. The predicted octanol–water partition coefficient (Wildman–Crippen LogP) is 3.27. The number of nitrogens with zero attached hydrogens (tertiary/aromatic N) is 1. The van der Waals surface area contributed by atoms with Crippen LogP contribution in [0, 0.1) is 10.1 Å². The van der Waals surface area contributed by atoms with Crippen molar-refractivity contribution >= 4 is 23.2 Å². The molecule has 3 N–H and O–H groups in total. The van der Waals surface area contributed by atoms with Crippen LogP contribution in [0.15, 0.2) is 48.5 Å². The van der Waals surface area contributed by atoms with E-state index < -0.39 is 34.3 Å². The molecule has 0 saturated carbocycles. The fourth-order valence-electron chi connectivity index (χ4n) is 2.38. The highest BCUT2D eigenvalue weighted by Gasteiger charge is 2.33. The zero-order valence-electron chi connectivity index (χ0n) is 15.1. The maximum atomic E-state index is 12.7. The highest BCUT2D eigenvalue weighted by Crippen LogP contribution is 2.34. The van der Waals surface area contributed by atoms with Crippen molar-refractivity contribution in [3.63, 3.8) is 0 Å². The largest absolute Gasteiger partial charge is 0.416 e. The number of benzene rings is 2. The van der Waals surface area contributed by atoms with Gasteiger partial charge in [0.25, 0.3) is 11.6 Å². The second-order valence-electron chi connectivity index (χ2n) is 6.10. The van der Waals surface area contributed by atoms with Gasteiger partial charge in [0.2, 0.25) is 5.91 Å². The molecule has 0 spiro atoms. The molecule has 29 heavy (non-hydrogen) atoms. The van der Waals surface area contributed by atoms with Crippen molar-refractivity contribution in [2.75, 3.05) is 5.43 Å². The van der Waals surface area contributed by atoms with Gasteiger partial charge < -0.3 is 5.32 Å². The maximum absolute atomic E-state index is 12.7. The second kappa shape index (κ2) is 9.04. The van der Waals surface area contributed by atoms with Gasteiger partial charge >= 0.3 is 6.18 Å². The fourth-order valence-corrected chi connectivity index (χ4v) is 2.38. The van der Waals surface area contributed by atoms with Gasteiger partial charge in [-0.3, -0.25) is 30.6 Å². The van der Waals surface area contributed by atoms with Crippen molar-refractivity contribution < 1.29 is 27.7 Å². The number of nitrogens with one attached hydrogen (secondary N) is 3. The number of carbonyl (C=O) groups is 2. The van der Waals surface area contributed by atoms with Crippen molar-refractivity contribution in [1.29, 1.82) is 0 Å². The quantitative estimate of drug-likeness (QED) is 0.479. The molecule has 1 atom stereocenters. The van der Waals surface area contributed by atoms with Gasteiger partial charge in [0.15, 0.2) is 0 Å². The Bertz CT molecular complexity index is 904. The number of nitro benzene ring substituents is 1. The summed E-state index contributed by atoms with van der Waals surface area (Å²) in [7, 11) is 0. The number of halogens is 3.